The molecule has 2 aromatic carbocycles. The Kier molecular flexibility index (Phi) is 6.06. The van der Waals surface area contributed by atoms with Gasteiger partial charge in [-0.15, -0.1) is 0 Å². The minimum atomic E-state index is 0.248. The Hall–Kier alpha value is -1.64. The highest BCUT2D eigenvalue weighted by molar-refractivity contribution is 6.30. The van der Waals surface area contributed by atoms with Crippen LogP contribution in [0.15, 0.2) is 58.5 Å². The van der Waals surface area contributed by atoms with E-state index in [1.165, 1.54) is 12.8 Å². The quantitative estimate of drug-likeness (QED) is 0.613. The molecule has 1 aliphatic rings. The van der Waals surface area contributed by atoms with Crippen molar-refractivity contribution >= 4 is 35.6 Å². The molecule has 0 bridgehead atoms. The second kappa shape index (κ2) is 8.46. The van der Waals surface area contributed by atoms with Crippen molar-refractivity contribution in [2.45, 2.75) is 37.8 Å². The molecule has 0 amide bonds. The van der Waals surface area contributed by atoms with Crippen molar-refractivity contribution < 1.29 is 0 Å². The molecule has 0 aromatic heterocycles. The van der Waals surface area contributed by atoms with Crippen molar-refractivity contribution in [1.29, 1.82) is 0 Å². The van der Waals surface area contributed by atoms with E-state index >= 15 is 0 Å². The van der Waals surface area contributed by atoms with E-state index in [-0.39, 0.29) is 12.1 Å². The van der Waals surface area contributed by atoms with Crippen LogP contribution in [-0.4, -0.2) is 24.5 Å². The molecule has 0 heterocycles. The first kappa shape index (κ1) is 17.2. The molecule has 3 rings (SSSR count). The van der Waals surface area contributed by atoms with Crippen LogP contribution in [0.2, 0.25) is 10.0 Å². The van der Waals surface area contributed by atoms with Gasteiger partial charge in [-0.05, 0) is 48.2 Å². The highest BCUT2D eigenvalue weighted by Crippen LogP contribution is 2.24. The van der Waals surface area contributed by atoms with Gasteiger partial charge in [0.15, 0.2) is 0 Å². The Labute approximate surface area is 153 Å². The van der Waals surface area contributed by atoms with Gasteiger partial charge in [-0.3, -0.25) is 9.98 Å². The Bertz CT molecular complexity index is 642. The van der Waals surface area contributed by atoms with Crippen molar-refractivity contribution in [1.82, 2.24) is 0 Å². The molecule has 0 unspecified atom stereocenters. The molecule has 2 nitrogen and oxygen atoms in total. The van der Waals surface area contributed by atoms with Crippen LogP contribution in [0.25, 0.3) is 0 Å². The van der Waals surface area contributed by atoms with Crippen molar-refractivity contribution in [3.05, 3.63) is 69.7 Å². The lowest BCUT2D eigenvalue weighted by Gasteiger charge is -2.25. The molecule has 0 N–H and O–H groups in total. The first-order chi connectivity index (χ1) is 11.7. The summed E-state index contributed by atoms with van der Waals surface area (Å²) in [6.45, 7) is 0. The number of nitrogens with zero attached hydrogens (tertiary/aromatic N) is 2. The third-order valence-electron chi connectivity index (χ3n) is 4.26. The SMILES string of the molecule is Clc1ccc(C=N[C@H]2CCCC[C@@H]2N=Cc2ccc(Cl)cc2)cc1. The van der Waals surface area contributed by atoms with Crippen LogP contribution in [0, 0.1) is 0 Å². The molecule has 124 valence electrons. The van der Waals surface area contributed by atoms with Crippen molar-refractivity contribution in [3.63, 3.8) is 0 Å². The van der Waals surface area contributed by atoms with E-state index in [4.69, 9.17) is 33.2 Å². The molecule has 4 heteroatoms. The summed E-state index contributed by atoms with van der Waals surface area (Å²) in [5.74, 6) is 0. The maximum atomic E-state index is 5.92. The number of benzene rings is 2. The fourth-order valence-corrected chi connectivity index (χ4v) is 3.15. The maximum Gasteiger partial charge on any atom is 0.0723 e. The molecule has 2 atom stereocenters. The second-order valence-corrected chi connectivity index (χ2v) is 6.95. The predicted molar refractivity (Wildman–Crippen MR) is 104 cm³/mol. The molecule has 0 aliphatic heterocycles. The smallest absolute Gasteiger partial charge is 0.0723 e. The molecule has 0 radical (unpaired) electrons. The van der Waals surface area contributed by atoms with Gasteiger partial charge in [-0.2, -0.15) is 0 Å². The molecular weight excluding hydrogens is 339 g/mol. The third kappa shape index (κ3) is 4.93. The van der Waals surface area contributed by atoms with Gasteiger partial charge < -0.3 is 0 Å². The largest absolute Gasteiger partial charge is 0.287 e. The van der Waals surface area contributed by atoms with E-state index in [2.05, 4.69) is 0 Å². The minimum absolute atomic E-state index is 0.248. The lowest BCUT2D eigenvalue weighted by Crippen LogP contribution is -2.27. The van der Waals surface area contributed by atoms with Crippen LogP contribution >= 0.6 is 23.2 Å². The highest BCUT2D eigenvalue weighted by Gasteiger charge is 2.23. The maximum absolute atomic E-state index is 5.92. The molecule has 1 aliphatic carbocycles. The van der Waals surface area contributed by atoms with Crippen LogP contribution in [0.1, 0.15) is 36.8 Å². The van der Waals surface area contributed by atoms with E-state index in [1.807, 2.05) is 61.0 Å². The summed E-state index contributed by atoms with van der Waals surface area (Å²) in [4.78, 5) is 9.58. The highest BCUT2D eigenvalue weighted by atomic mass is 35.5. The number of halogens is 2. The monoisotopic (exact) mass is 358 g/mol. The van der Waals surface area contributed by atoms with E-state index in [1.54, 1.807) is 0 Å². The minimum Gasteiger partial charge on any atom is -0.287 e. The summed E-state index contributed by atoms with van der Waals surface area (Å²) in [7, 11) is 0. The zero-order valence-corrected chi connectivity index (χ0v) is 14.9. The summed E-state index contributed by atoms with van der Waals surface area (Å²) in [5.41, 5.74) is 2.15. The number of hydrogen-bond donors (Lipinski definition) is 0. The zero-order valence-electron chi connectivity index (χ0n) is 13.4. The Balaban J connectivity index is 1.68. The lowest BCUT2D eigenvalue weighted by atomic mass is 9.91. The summed E-state index contributed by atoms with van der Waals surface area (Å²) >= 11 is 11.8. The van der Waals surface area contributed by atoms with Crippen LogP contribution in [0.3, 0.4) is 0 Å². The van der Waals surface area contributed by atoms with Crippen LogP contribution < -0.4 is 0 Å². The van der Waals surface area contributed by atoms with Gasteiger partial charge in [0.25, 0.3) is 0 Å². The normalized spacial score (nSPS) is 21.6. The van der Waals surface area contributed by atoms with Crippen molar-refractivity contribution in [2.75, 3.05) is 0 Å². The van der Waals surface area contributed by atoms with Gasteiger partial charge in [0.1, 0.15) is 0 Å². The molecular formula is C20H20Cl2N2. The summed E-state index contributed by atoms with van der Waals surface area (Å²) in [6, 6.07) is 16.0. The number of aliphatic imine (C=N–C) groups is 2. The standard InChI is InChI=1S/C20H20Cl2N2/c21-17-9-5-15(6-10-17)13-23-19-3-1-2-4-20(19)24-14-16-7-11-18(22)12-8-16/h5-14,19-20H,1-4H2/t19-,20-/m0/s1. The van der Waals surface area contributed by atoms with E-state index in [0.717, 1.165) is 34.0 Å². The zero-order chi connectivity index (χ0) is 16.8. The van der Waals surface area contributed by atoms with Crippen LogP contribution in [0.5, 0.6) is 0 Å². The average molecular weight is 359 g/mol. The first-order valence-corrected chi connectivity index (χ1v) is 9.04. The molecule has 0 spiro atoms. The Morgan fingerprint density at radius 1 is 0.667 bits per heavy atom. The van der Waals surface area contributed by atoms with Gasteiger partial charge in [0, 0.05) is 22.5 Å². The molecule has 24 heavy (non-hydrogen) atoms. The van der Waals surface area contributed by atoms with E-state index < -0.39 is 0 Å². The summed E-state index contributed by atoms with van der Waals surface area (Å²) in [5, 5.41) is 1.49. The van der Waals surface area contributed by atoms with Gasteiger partial charge >= 0.3 is 0 Å². The predicted octanol–water partition coefficient (Wildman–Crippen LogP) is 5.84. The summed E-state index contributed by atoms with van der Waals surface area (Å²) in [6.07, 6.45) is 8.50. The third-order valence-corrected chi connectivity index (χ3v) is 4.77. The Morgan fingerprint density at radius 2 is 1.04 bits per heavy atom. The van der Waals surface area contributed by atoms with Crippen LogP contribution in [0.4, 0.5) is 0 Å². The van der Waals surface area contributed by atoms with E-state index in [0.29, 0.717) is 0 Å². The molecule has 0 saturated heterocycles. The second-order valence-electron chi connectivity index (χ2n) is 6.08. The average Bonchev–Trinajstić information content (AvgIpc) is 2.61. The van der Waals surface area contributed by atoms with Gasteiger partial charge in [-0.1, -0.05) is 60.3 Å². The Morgan fingerprint density at radius 3 is 1.42 bits per heavy atom. The van der Waals surface area contributed by atoms with Gasteiger partial charge in [-0.25, -0.2) is 0 Å². The molecule has 1 saturated carbocycles. The fraction of sp³-hybridized carbons (Fsp3) is 0.300. The van der Waals surface area contributed by atoms with Gasteiger partial charge in [0.05, 0.1) is 12.1 Å². The lowest BCUT2D eigenvalue weighted by molar-refractivity contribution is 0.390. The van der Waals surface area contributed by atoms with Crippen molar-refractivity contribution in [3.8, 4) is 0 Å². The first-order valence-electron chi connectivity index (χ1n) is 8.28. The molecule has 1 fully saturated rings. The van der Waals surface area contributed by atoms with E-state index in [9.17, 15) is 0 Å². The molecule has 2 aromatic rings. The number of rotatable bonds is 4. The van der Waals surface area contributed by atoms with Gasteiger partial charge in [0.2, 0.25) is 0 Å². The number of hydrogen-bond acceptors (Lipinski definition) is 2. The summed E-state index contributed by atoms with van der Waals surface area (Å²) < 4.78 is 0. The topological polar surface area (TPSA) is 24.7 Å². The van der Waals surface area contributed by atoms with Crippen molar-refractivity contribution in [2.24, 2.45) is 9.98 Å². The van der Waals surface area contributed by atoms with Crippen LogP contribution in [-0.2, 0) is 0 Å². The fourth-order valence-electron chi connectivity index (χ4n) is 2.90.